The standard InChI is InChI=1S/C21H18N6O3S/c1-13-7-9-15(10-8-13)26-19(20(28)30-25-26)16-12-31-21-23-22-18(27(21)24-16)11-29-17-6-4-3-5-14(17)2/h3-10H,11-12H2,1-2H3. The number of hydrogen-bond donors (Lipinski definition) is 0. The Bertz CT molecular complexity index is 1280. The maximum atomic E-state index is 12.5. The van der Waals surface area contributed by atoms with E-state index in [0.717, 1.165) is 22.6 Å². The highest BCUT2D eigenvalue weighted by Gasteiger charge is 2.30. The Morgan fingerprint density at radius 1 is 1.13 bits per heavy atom. The van der Waals surface area contributed by atoms with Gasteiger partial charge in [0.15, 0.2) is 11.8 Å². The van der Waals surface area contributed by atoms with Gasteiger partial charge in [0.05, 0.1) is 11.0 Å². The summed E-state index contributed by atoms with van der Waals surface area (Å²) in [7, 11) is 0. The first-order valence-corrected chi connectivity index (χ1v) is 10.6. The molecule has 1 aliphatic heterocycles. The molecule has 3 heterocycles. The fraction of sp³-hybridized carbons (Fsp3) is 0.190. The van der Waals surface area contributed by atoms with Crippen molar-refractivity contribution in [1.29, 1.82) is 0 Å². The lowest BCUT2D eigenvalue weighted by Crippen LogP contribution is -2.40. The number of aryl methyl sites for hydroxylation is 2. The van der Waals surface area contributed by atoms with E-state index < -0.39 is 5.95 Å². The summed E-state index contributed by atoms with van der Waals surface area (Å²) in [5, 5.41) is 30.0. The van der Waals surface area contributed by atoms with Crippen LogP contribution in [0, 0.1) is 13.8 Å². The summed E-state index contributed by atoms with van der Waals surface area (Å²) >= 11 is 1.44. The number of aromatic nitrogens is 5. The van der Waals surface area contributed by atoms with Crippen LogP contribution >= 0.6 is 11.8 Å². The highest BCUT2D eigenvalue weighted by Crippen LogP contribution is 2.26. The summed E-state index contributed by atoms with van der Waals surface area (Å²) in [5.74, 6) is 1.20. The number of benzene rings is 2. The lowest BCUT2D eigenvalue weighted by atomic mass is 10.2. The van der Waals surface area contributed by atoms with Gasteiger partial charge in [-0.3, -0.25) is 0 Å². The summed E-state index contributed by atoms with van der Waals surface area (Å²) in [6.45, 7) is 4.17. The van der Waals surface area contributed by atoms with Crippen LogP contribution in [0.5, 0.6) is 11.7 Å². The molecule has 0 saturated heterocycles. The quantitative estimate of drug-likeness (QED) is 0.443. The van der Waals surface area contributed by atoms with Crippen molar-refractivity contribution in [3.05, 3.63) is 71.2 Å². The zero-order valence-corrected chi connectivity index (χ0v) is 17.7. The Labute approximate surface area is 182 Å². The van der Waals surface area contributed by atoms with E-state index in [1.165, 1.54) is 16.4 Å². The van der Waals surface area contributed by atoms with Gasteiger partial charge in [-0.25, -0.2) is 0 Å². The molecule has 0 fully saturated rings. The minimum atomic E-state index is -0.547. The molecule has 2 aromatic heterocycles. The number of fused-ring (bicyclic) bond motifs is 1. The summed E-state index contributed by atoms with van der Waals surface area (Å²) < 4.78 is 13.9. The first kappa shape index (κ1) is 19.3. The molecule has 0 radical (unpaired) electrons. The Hall–Kier alpha value is -3.66. The largest absolute Gasteiger partial charge is 0.539 e. The minimum Gasteiger partial charge on any atom is -0.539 e. The molecule has 0 unspecified atom stereocenters. The van der Waals surface area contributed by atoms with Crippen LogP contribution in [-0.2, 0) is 6.61 Å². The van der Waals surface area contributed by atoms with E-state index in [4.69, 9.17) is 9.26 Å². The van der Waals surface area contributed by atoms with E-state index in [1.807, 2.05) is 62.4 Å². The molecule has 0 bridgehead atoms. The normalized spacial score (nSPS) is 13.0. The second-order valence-electron chi connectivity index (χ2n) is 7.06. The van der Waals surface area contributed by atoms with Crippen molar-refractivity contribution in [1.82, 2.24) is 20.1 Å². The van der Waals surface area contributed by atoms with Crippen LogP contribution in [0.2, 0.25) is 0 Å². The third-order valence-electron chi connectivity index (χ3n) is 4.85. The SMILES string of the molecule is Cc1ccc(-[n+]2noc([O-])c2C2=Nn3c(COc4ccccc4C)nnc3SC2)cc1. The molecule has 1 aliphatic rings. The van der Waals surface area contributed by atoms with Crippen LogP contribution in [0.15, 0.2) is 63.3 Å². The van der Waals surface area contributed by atoms with Gasteiger partial charge in [-0.2, -0.15) is 9.78 Å². The van der Waals surface area contributed by atoms with E-state index in [2.05, 4.69) is 20.6 Å². The van der Waals surface area contributed by atoms with Gasteiger partial charge >= 0.3 is 0 Å². The number of rotatable bonds is 5. The van der Waals surface area contributed by atoms with E-state index in [9.17, 15) is 5.11 Å². The molecular weight excluding hydrogens is 416 g/mol. The minimum absolute atomic E-state index is 0.195. The van der Waals surface area contributed by atoms with E-state index in [0.29, 0.717) is 22.4 Å². The molecule has 9 nitrogen and oxygen atoms in total. The van der Waals surface area contributed by atoms with Crippen molar-refractivity contribution < 1.29 is 19.0 Å². The lowest BCUT2D eigenvalue weighted by Gasteiger charge is -2.13. The first-order valence-electron chi connectivity index (χ1n) is 9.60. The van der Waals surface area contributed by atoms with Crippen LogP contribution < -0.4 is 14.5 Å². The fourth-order valence-corrected chi connectivity index (χ4v) is 4.01. The Kier molecular flexibility index (Phi) is 4.91. The van der Waals surface area contributed by atoms with Gasteiger partial charge in [-0.05, 0) is 30.2 Å². The number of thioether (sulfide) groups is 1. The average molecular weight is 434 g/mol. The third kappa shape index (κ3) is 3.66. The molecule has 0 spiro atoms. The Balaban J connectivity index is 1.48. The summed E-state index contributed by atoms with van der Waals surface area (Å²) in [6, 6.07) is 15.4. The van der Waals surface area contributed by atoms with Crippen LogP contribution in [0.25, 0.3) is 5.69 Å². The van der Waals surface area contributed by atoms with E-state index in [-0.39, 0.29) is 12.3 Å². The number of para-hydroxylation sites is 1. The summed E-state index contributed by atoms with van der Waals surface area (Å²) in [6.07, 6.45) is 0. The summed E-state index contributed by atoms with van der Waals surface area (Å²) in [4.78, 5) is 0. The topological polar surface area (TPSA) is 105 Å². The predicted molar refractivity (Wildman–Crippen MR) is 110 cm³/mol. The highest BCUT2D eigenvalue weighted by molar-refractivity contribution is 7.99. The van der Waals surface area contributed by atoms with Gasteiger partial charge < -0.3 is 14.4 Å². The molecule has 4 aromatic rings. The van der Waals surface area contributed by atoms with E-state index in [1.54, 1.807) is 4.68 Å². The van der Waals surface area contributed by atoms with Gasteiger partial charge in [-0.1, -0.05) is 47.7 Å². The van der Waals surface area contributed by atoms with Crippen LogP contribution in [0.4, 0.5) is 0 Å². The van der Waals surface area contributed by atoms with Crippen molar-refractivity contribution in [2.75, 3.05) is 5.75 Å². The number of nitrogens with zero attached hydrogens (tertiary/aromatic N) is 6. The van der Waals surface area contributed by atoms with Crippen LogP contribution in [0.3, 0.4) is 0 Å². The third-order valence-corrected chi connectivity index (χ3v) is 5.78. The van der Waals surface area contributed by atoms with Crippen LogP contribution in [0.1, 0.15) is 22.6 Å². The molecule has 5 rings (SSSR count). The molecule has 156 valence electrons. The molecule has 0 N–H and O–H groups in total. The van der Waals surface area contributed by atoms with Crippen molar-refractivity contribution in [3.63, 3.8) is 0 Å². The van der Waals surface area contributed by atoms with Crippen molar-refractivity contribution in [3.8, 4) is 17.4 Å². The fourth-order valence-electron chi connectivity index (χ4n) is 3.19. The molecule has 0 aliphatic carbocycles. The van der Waals surface area contributed by atoms with Gasteiger partial charge in [0, 0.05) is 12.1 Å². The zero-order valence-electron chi connectivity index (χ0n) is 16.8. The molecule has 2 aromatic carbocycles. The van der Waals surface area contributed by atoms with Gasteiger partial charge in [-0.15, -0.1) is 10.2 Å². The molecular formula is C21H18N6O3S. The molecule has 0 saturated carbocycles. The molecule has 10 heteroatoms. The maximum absolute atomic E-state index is 12.5. The Morgan fingerprint density at radius 3 is 2.74 bits per heavy atom. The molecule has 0 amide bonds. The van der Waals surface area contributed by atoms with Crippen LogP contribution in [-0.4, -0.2) is 31.6 Å². The van der Waals surface area contributed by atoms with E-state index >= 15 is 0 Å². The van der Waals surface area contributed by atoms with Crippen molar-refractivity contribution in [2.45, 2.75) is 25.6 Å². The van der Waals surface area contributed by atoms with Crippen molar-refractivity contribution >= 4 is 17.5 Å². The predicted octanol–water partition coefficient (Wildman–Crippen LogP) is 2.17. The second-order valence-corrected chi connectivity index (χ2v) is 8.00. The first-order chi connectivity index (χ1) is 15.1. The summed E-state index contributed by atoms with van der Waals surface area (Å²) in [5.41, 5.74) is 3.66. The van der Waals surface area contributed by atoms with Gasteiger partial charge in [0.2, 0.25) is 10.8 Å². The lowest BCUT2D eigenvalue weighted by molar-refractivity contribution is -0.671. The molecule has 31 heavy (non-hydrogen) atoms. The smallest absolute Gasteiger partial charge is 0.287 e. The average Bonchev–Trinajstić information content (AvgIpc) is 3.36. The maximum Gasteiger partial charge on any atom is 0.287 e. The highest BCUT2D eigenvalue weighted by atomic mass is 32.2. The monoisotopic (exact) mass is 434 g/mol. The molecule has 0 atom stereocenters. The number of hydrogen-bond acceptors (Lipinski definition) is 8. The van der Waals surface area contributed by atoms with Crippen molar-refractivity contribution in [2.24, 2.45) is 5.10 Å². The number of ether oxygens (including phenoxy) is 1. The van der Waals surface area contributed by atoms with Gasteiger partial charge in [0.25, 0.3) is 5.69 Å². The second kappa shape index (κ2) is 7.88. The van der Waals surface area contributed by atoms with Gasteiger partial charge in [0.1, 0.15) is 18.1 Å². The zero-order chi connectivity index (χ0) is 21.4. The Morgan fingerprint density at radius 2 is 1.94 bits per heavy atom.